The second-order valence-electron chi connectivity index (χ2n) is 16.1. The molecule has 2 heterocycles. The van der Waals surface area contributed by atoms with Crippen LogP contribution in [0.5, 0.6) is 11.8 Å². The van der Waals surface area contributed by atoms with E-state index in [9.17, 15) is 9.90 Å². The summed E-state index contributed by atoms with van der Waals surface area (Å²) >= 11 is 0. The topological polar surface area (TPSA) is 94.0 Å². The number of aliphatic hydroxyl groups is 1. The Kier molecular flexibility index (Phi) is 10.9. The minimum atomic E-state index is -2.27. The third kappa shape index (κ3) is 7.51. The summed E-state index contributed by atoms with van der Waals surface area (Å²) in [5.74, 6) is 3.04. The Bertz CT molecular complexity index is 2060. The fraction of sp³-hybridized carbons (Fsp3) is 0.500. The number of aromatic nitrogens is 2. The molecule has 1 saturated heterocycles. The Hall–Kier alpha value is -4.11. The van der Waals surface area contributed by atoms with Gasteiger partial charge in [-0.05, 0) is 84.4 Å². The van der Waals surface area contributed by atoms with Crippen LogP contribution in [0.1, 0.15) is 79.7 Å². The van der Waals surface area contributed by atoms with Crippen LogP contribution in [0.4, 0.5) is 14.6 Å². The van der Waals surface area contributed by atoms with Gasteiger partial charge in [-0.1, -0.05) is 59.6 Å². The van der Waals surface area contributed by atoms with Crippen molar-refractivity contribution in [1.82, 2.24) is 9.97 Å². The van der Waals surface area contributed by atoms with Crippen molar-refractivity contribution in [2.75, 3.05) is 38.5 Å². The van der Waals surface area contributed by atoms with E-state index in [1.165, 1.54) is 13.2 Å². The van der Waals surface area contributed by atoms with E-state index >= 15 is 8.78 Å². The number of carbonyl (C=O) groups excluding carboxylic acids is 1. The minimum Gasteiger partial charge on any atom is -0.468 e. The Morgan fingerprint density at radius 1 is 0.981 bits per heavy atom. The summed E-state index contributed by atoms with van der Waals surface area (Å²) in [6.07, 6.45) is 3.65. The van der Waals surface area contributed by atoms with Crippen LogP contribution >= 0.6 is 0 Å². The molecule has 1 saturated carbocycles. The highest BCUT2D eigenvalue weighted by Gasteiger charge is 2.44. The van der Waals surface area contributed by atoms with Crippen LogP contribution in [0.15, 0.2) is 36.4 Å². The summed E-state index contributed by atoms with van der Waals surface area (Å²) in [5.41, 5.74) is 3.88. The number of nitrogens with zero attached hydrogens (tertiary/aromatic N) is 3. The molecule has 0 bridgehead atoms. The first-order valence-electron chi connectivity index (χ1n) is 18.6. The fourth-order valence-corrected chi connectivity index (χ4v) is 13.5. The lowest BCUT2D eigenvalue weighted by molar-refractivity contribution is -0.113. The largest absolute Gasteiger partial charge is 0.468 e. The lowest BCUT2D eigenvalue weighted by Crippen LogP contribution is -2.46. The molecule has 53 heavy (non-hydrogen) atoms. The zero-order chi connectivity index (χ0) is 38.3. The molecule has 3 aromatic carbocycles. The van der Waals surface area contributed by atoms with Crippen molar-refractivity contribution in [3.63, 3.8) is 0 Å². The number of β-amino-alcohol motifs (C(OH)–C–C–N with tert-alkyl or cyclic N) is 1. The van der Waals surface area contributed by atoms with E-state index in [4.69, 9.17) is 19.2 Å². The molecule has 0 radical (unpaired) electrons. The number of carbonyl (C=O) groups is 1. The van der Waals surface area contributed by atoms with Crippen LogP contribution in [-0.2, 0) is 9.53 Å². The van der Waals surface area contributed by atoms with Gasteiger partial charge in [-0.15, -0.1) is 5.54 Å². The second kappa shape index (κ2) is 15.0. The smallest absolute Gasteiger partial charge is 0.319 e. The first-order valence-corrected chi connectivity index (χ1v) is 20.9. The minimum absolute atomic E-state index is 0.00918. The van der Waals surface area contributed by atoms with Gasteiger partial charge in [-0.3, -0.25) is 0 Å². The average Bonchev–Trinajstić information content (AvgIpc) is 3.90. The molecule has 1 aliphatic carbocycles. The summed E-state index contributed by atoms with van der Waals surface area (Å²) in [7, 11) is -0.756. The molecule has 4 aromatic rings. The number of benzene rings is 3. The summed E-state index contributed by atoms with van der Waals surface area (Å²) in [6, 6.07) is 9.90. The maximum absolute atomic E-state index is 17.4. The summed E-state index contributed by atoms with van der Waals surface area (Å²) in [5, 5.41) is 12.5. The van der Waals surface area contributed by atoms with E-state index in [0.29, 0.717) is 88.7 Å². The molecule has 2 fully saturated rings. The van der Waals surface area contributed by atoms with Gasteiger partial charge in [0.1, 0.15) is 43.9 Å². The van der Waals surface area contributed by atoms with Crippen molar-refractivity contribution >= 4 is 41.9 Å². The lowest BCUT2D eigenvalue weighted by Gasteiger charge is -2.38. The van der Waals surface area contributed by atoms with E-state index < -0.39 is 30.7 Å². The molecule has 0 amide bonds. The van der Waals surface area contributed by atoms with E-state index in [-0.39, 0.29) is 36.1 Å². The molecule has 11 heteroatoms. The molecule has 0 unspecified atom stereocenters. The Morgan fingerprint density at radius 2 is 1.70 bits per heavy atom. The van der Waals surface area contributed by atoms with Crippen LogP contribution in [0, 0.1) is 28.5 Å². The number of halogens is 2. The number of hydrogen-bond donors (Lipinski definition) is 1. The Balaban J connectivity index is 1.60. The predicted octanol–water partition coefficient (Wildman–Crippen LogP) is 8.99. The van der Waals surface area contributed by atoms with E-state index in [0.717, 1.165) is 6.29 Å². The van der Waals surface area contributed by atoms with Crippen LogP contribution in [0.25, 0.3) is 32.8 Å². The molecule has 2 aliphatic rings. The predicted molar refractivity (Wildman–Crippen MR) is 208 cm³/mol. The number of ether oxygens (including phenoxy) is 3. The molecule has 8 nitrogen and oxygen atoms in total. The Labute approximate surface area is 312 Å². The van der Waals surface area contributed by atoms with Gasteiger partial charge < -0.3 is 29.0 Å². The second-order valence-corrected chi connectivity index (χ2v) is 21.7. The molecular weight excluding hydrogens is 693 g/mol. The van der Waals surface area contributed by atoms with Gasteiger partial charge in [-0.25, -0.2) is 8.78 Å². The highest BCUT2D eigenvalue weighted by Crippen LogP contribution is 2.45. The van der Waals surface area contributed by atoms with Gasteiger partial charge in [0.15, 0.2) is 12.6 Å². The quantitative estimate of drug-likeness (QED) is 0.0666. The summed E-state index contributed by atoms with van der Waals surface area (Å²) < 4.78 is 50.5. The van der Waals surface area contributed by atoms with E-state index in [2.05, 4.69) is 58.0 Å². The number of rotatable bonds is 12. The van der Waals surface area contributed by atoms with Crippen molar-refractivity contribution in [3.05, 3.63) is 53.6 Å². The zero-order valence-corrected chi connectivity index (χ0v) is 33.1. The third-order valence-electron chi connectivity index (χ3n) is 11.3. The summed E-state index contributed by atoms with van der Waals surface area (Å²) in [4.78, 5) is 23.0. The number of methoxy groups -OCH3 is 1. The van der Waals surface area contributed by atoms with Crippen molar-refractivity contribution < 1.29 is 32.9 Å². The van der Waals surface area contributed by atoms with Crippen molar-refractivity contribution in [1.29, 1.82) is 0 Å². The van der Waals surface area contributed by atoms with Gasteiger partial charge in [-0.2, -0.15) is 9.97 Å². The fourth-order valence-electron chi connectivity index (χ4n) is 8.27. The van der Waals surface area contributed by atoms with Crippen LogP contribution in [-0.4, -0.2) is 68.6 Å². The first-order chi connectivity index (χ1) is 25.1. The van der Waals surface area contributed by atoms with Gasteiger partial charge in [0.2, 0.25) is 0 Å². The molecular formula is C42H51F2N3O5Si. The summed E-state index contributed by atoms with van der Waals surface area (Å²) in [6.45, 7) is 15.9. The Morgan fingerprint density at radius 3 is 2.32 bits per heavy atom. The maximum Gasteiger partial charge on any atom is 0.319 e. The average molecular weight is 744 g/mol. The third-order valence-corrected chi connectivity index (χ3v) is 17.6. The molecule has 1 aliphatic heterocycles. The van der Waals surface area contributed by atoms with Crippen molar-refractivity contribution in [3.8, 4) is 34.4 Å². The van der Waals surface area contributed by atoms with Crippen molar-refractivity contribution in [2.24, 2.45) is 5.41 Å². The number of anilines is 1. The van der Waals surface area contributed by atoms with Crippen LogP contribution in [0.2, 0.25) is 16.6 Å². The molecule has 1 atom stereocenters. The molecule has 6 rings (SSSR count). The monoisotopic (exact) mass is 743 g/mol. The highest BCUT2D eigenvalue weighted by molar-refractivity contribution is 6.90. The number of piperidine rings is 1. The molecule has 1 N–H and O–H groups in total. The SMILES string of the molecule is COCOc1cc(-c2ccc3c(N4CCC[C@@](C)(O)C4)nc(OCC4(C=O)CC4)nc3c2F)c2c(C#C[Si](C(C)C)(C(C)C)C(C)C)c(F)ccc2c1. The van der Waals surface area contributed by atoms with Gasteiger partial charge >= 0.3 is 6.01 Å². The van der Waals surface area contributed by atoms with Gasteiger partial charge in [0.25, 0.3) is 0 Å². The molecule has 1 aromatic heterocycles. The maximum atomic E-state index is 17.4. The highest BCUT2D eigenvalue weighted by atomic mass is 28.3. The molecule has 282 valence electrons. The van der Waals surface area contributed by atoms with Crippen LogP contribution in [0.3, 0.4) is 0 Å². The standard InChI is InChI=1S/C42H51F2N3O5Si/c1-26(2)53(27(3)4,28(5)6)19-14-32-35(43)13-10-29-20-30(52-25-50-8)21-34(36(29)32)31-11-12-33-38(37(31)44)45-40(51-24-42(23-48)16-17-42)46-39(33)47-18-9-15-41(7,49)22-47/h10-13,20-21,23,26-28,49H,9,15-18,22,24-25H2,1-8H3/t41-/m1/s1. The van der Waals surface area contributed by atoms with Crippen LogP contribution < -0.4 is 14.4 Å². The van der Waals surface area contributed by atoms with Gasteiger partial charge in [0, 0.05) is 36.5 Å². The number of fused-ring (bicyclic) bond motifs is 2. The number of aldehydes is 1. The number of hydrogen-bond acceptors (Lipinski definition) is 8. The zero-order valence-electron chi connectivity index (χ0n) is 32.1. The van der Waals surface area contributed by atoms with Crippen molar-refractivity contribution in [2.45, 2.75) is 96.4 Å². The molecule has 0 spiro atoms. The van der Waals surface area contributed by atoms with Gasteiger partial charge in [0.05, 0.1) is 16.6 Å². The lowest BCUT2D eigenvalue weighted by atomic mass is 9.92. The van der Waals surface area contributed by atoms with E-state index in [1.54, 1.807) is 37.3 Å². The van der Waals surface area contributed by atoms with E-state index in [1.807, 2.05) is 4.90 Å². The normalized spacial score (nSPS) is 18.5. The first kappa shape index (κ1) is 38.6.